The number of hydrogen-bond donors (Lipinski definition) is 0. The summed E-state index contributed by atoms with van der Waals surface area (Å²) in [6.45, 7) is 6.23. The molecule has 18 heavy (non-hydrogen) atoms. The maximum atomic E-state index is 11.2. The topological polar surface area (TPSA) is 26.3 Å². The minimum atomic E-state index is 0.0981. The molecule has 1 fully saturated rings. The summed E-state index contributed by atoms with van der Waals surface area (Å²) in [6, 6.07) is 7.47. The molecule has 0 N–H and O–H groups in total. The van der Waals surface area contributed by atoms with Crippen LogP contribution in [0.2, 0.25) is 0 Å². The lowest BCUT2D eigenvalue weighted by atomic mass is 9.76. The van der Waals surface area contributed by atoms with Crippen LogP contribution in [0.1, 0.15) is 56.8 Å². The van der Waals surface area contributed by atoms with E-state index in [0.717, 1.165) is 24.2 Å². The van der Waals surface area contributed by atoms with Crippen LogP contribution in [-0.2, 0) is 0 Å². The van der Waals surface area contributed by atoms with Crippen molar-refractivity contribution in [2.75, 3.05) is 0 Å². The number of Topliss-reactive ketones (excluding diaryl/α,β-unsaturated/α-hetero) is 1. The fraction of sp³-hybridized carbons (Fsp3) is 0.562. The van der Waals surface area contributed by atoms with E-state index in [2.05, 4.69) is 13.8 Å². The molecule has 0 radical (unpaired) electrons. The molecule has 1 saturated carbocycles. The Morgan fingerprint density at radius 1 is 1.17 bits per heavy atom. The third-order valence-corrected chi connectivity index (χ3v) is 3.85. The smallest absolute Gasteiger partial charge is 0.159 e. The van der Waals surface area contributed by atoms with E-state index in [1.54, 1.807) is 6.92 Å². The summed E-state index contributed by atoms with van der Waals surface area (Å²) in [4.78, 5) is 11.2. The van der Waals surface area contributed by atoms with Gasteiger partial charge in [-0.25, -0.2) is 0 Å². The summed E-state index contributed by atoms with van der Waals surface area (Å²) in [6.07, 6.45) is 5.04. The summed E-state index contributed by atoms with van der Waals surface area (Å²) < 4.78 is 5.97. The van der Waals surface area contributed by atoms with Crippen LogP contribution in [0.5, 0.6) is 5.75 Å². The molecular weight excluding hydrogens is 224 g/mol. The standard InChI is InChI=1S/C16H22O2/c1-12(17)13-4-6-14(7-5-13)18-15-8-10-16(2,3)11-9-15/h4-7,15H,8-11H2,1-3H3. The molecule has 1 aliphatic carbocycles. The highest BCUT2D eigenvalue weighted by Crippen LogP contribution is 2.36. The summed E-state index contributed by atoms with van der Waals surface area (Å²) in [7, 11) is 0. The van der Waals surface area contributed by atoms with Crippen LogP contribution in [0.3, 0.4) is 0 Å². The van der Waals surface area contributed by atoms with Gasteiger partial charge in [-0.2, -0.15) is 0 Å². The highest BCUT2D eigenvalue weighted by Gasteiger charge is 2.27. The van der Waals surface area contributed by atoms with Crippen molar-refractivity contribution in [2.45, 2.75) is 52.6 Å². The first-order valence-corrected chi connectivity index (χ1v) is 6.74. The Hall–Kier alpha value is -1.31. The van der Waals surface area contributed by atoms with Gasteiger partial charge in [0.25, 0.3) is 0 Å². The molecule has 0 atom stereocenters. The maximum absolute atomic E-state index is 11.2. The fourth-order valence-corrected chi connectivity index (χ4v) is 2.45. The van der Waals surface area contributed by atoms with E-state index in [9.17, 15) is 4.79 Å². The molecule has 0 aliphatic heterocycles. The number of benzene rings is 1. The van der Waals surface area contributed by atoms with Crippen molar-refractivity contribution in [2.24, 2.45) is 5.41 Å². The second-order valence-corrected chi connectivity index (χ2v) is 6.06. The van der Waals surface area contributed by atoms with E-state index in [4.69, 9.17) is 4.74 Å². The van der Waals surface area contributed by atoms with Gasteiger partial charge in [0, 0.05) is 5.56 Å². The Morgan fingerprint density at radius 3 is 2.22 bits per heavy atom. The zero-order valence-corrected chi connectivity index (χ0v) is 11.5. The molecule has 0 aromatic heterocycles. The van der Waals surface area contributed by atoms with Crippen molar-refractivity contribution < 1.29 is 9.53 Å². The van der Waals surface area contributed by atoms with Gasteiger partial charge in [0.15, 0.2) is 5.78 Å². The predicted octanol–water partition coefficient (Wildman–Crippen LogP) is 4.24. The number of ether oxygens (including phenoxy) is 1. The Balaban J connectivity index is 1.92. The highest BCUT2D eigenvalue weighted by atomic mass is 16.5. The van der Waals surface area contributed by atoms with Crippen molar-refractivity contribution in [1.29, 1.82) is 0 Å². The molecule has 0 saturated heterocycles. The summed E-state index contributed by atoms with van der Waals surface area (Å²) >= 11 is 0. The van der Waals surface area contributed by atoms with Gasteiger partial charge in [-0.05, 0) is 62.3 Å². The molecule has 2 nitrogen and oxygen atoms in total. The van der Waals surface area contributed by atoms with Gasteiger partial charge in [-0.1, -0.05) is 13.8 Å². The van der Waals surface area contributed by atoms with Crippen LogP contribution < -0.4 is 4.74 Å². The number of carbonyl (C=O) groups excluding carboxylic acids is 1. The van der Waals surface area contributed by atoms with E-state index in [0.29, 0.717) is 11.5 Å². The Kier molecular flexibility index (Phi) is 3.74. The van der Waals surface area contributed by atoms with Gasteiger partial charge in [0.05, 0.1) is 6.10 Å². The molecule has 0 spiro atoms. The van der Waals surface area contributed by atoms with E-state index in [1.165, 1.54) is 12.8 Å². The molecule has 1 aliphatic rings. The first kappa shape index (κ1) is 13.1. The molecule has 98 valence electrons. The number of hydrogen-bond acceptors (Lipinski definition) is 2. The molecule has 0 bridgehead atoms. The van der Waals surface area contributed by atoms with Crippen molar-refractivity contribution in [3.05, 3.63) is 29.8 Å². The number of ketones is 1. The highest BCUT2D eigenvalue weighted by molar-refractivity contribution is 5.94. The third-order valence-electron chi connectivity index (χ3n) is 3.85. The van der Waals surface area contributed by atoms with Crippen LogP contribution in [-0.4, -0.2) is 11.9 Å². The summed E-state index contributed by atoms with van der Waals surface area (Å²) in [5.41, 5.74) is 1.21. The predicted molar refractivity (Wildman–Crippen MR) is 73.1 cm³/mol. The zero-order valence-electron chi connectivity index (χ0n) is 11.5. The summed E-state index contributed by atoms with van der Waals surface area (Å²) in [5, 5.41) is 0. The second-order valence-electron chi connectivity index (χ2n) is 6.06. The van der Waals surface area contributed by atoms with Crippen molar-refractivity contribution >= 4 is 5.78 Å². The van der Waals surface area contributed by atoms with Gasteiger partial charge >= 0.3 is 0 Å². The number of carbonyl (C=O) groups is 1. The van der Waals surface area contributed by atoms with Crippen LogP contribution in [0.4, 0.5) is 0 Å². The van der Waals surface area contributed by atoms with E-state index < -0.39 is 0 Å². The molecule has 0 heterocycles. The first-order valence-electron chi connectivity index (χ1n) is 6.74. The van der Waals surface area contributed by atoms with Crippen molar-refractivity contribution in [1.82, 2.24) is 0 Å². The largest absolute Gasteiger partial charge is 0.490 e. The monoisotopic (exact) mass is 246 g/mol. The minimum Gasteiger partial charge on any atom is -0.490 e. The van der Waals surface area contributed by atoms with Gasteiger partial charge < -0.3 is 4.74 Å². The van der Waals surface area contributed by atoms with Gasteiger partial charge in [-0.15, -0.1) is 0 Å². The minimum absolute atomic E-state index is 0.0981. The van der Waals surface area contributed by atoms with Gasteiger partial charge in [-0.3, -0.25) is 4.79 Å². The normalized spacial score (nSPS) is 19.5. The van der Waals surface area contributed by atoms with E-state index in [-0.39, 0.29) is 5.78 Å². The molecule has 0 amide bonds. The van der Waals surface area contributed by atoms with Crippen LogP contribution in [0.25, 0.3) is 0 Å². The lowest BCUT2D eigenvalue weighted by molar-refractivity contribution is 0.0985. The Labute approximate surface area is 109 Å². The molecule has 2 heteroatoms. The van der Waals surface area contributed by atoms with E-state index >= 15 is 0 Å². The fourth-order valence-electron chi connectivity index (χ4n) is 2.45. The average Bonchev–Trinajstić information content (AvgIpc) is 2.33. The van der Waals surface area contributed by atoms with Gasteiger partial charge in [0.1, 0.15) is 5.75 Å². The van der Waals surface area contributed by atoms with E-state index in [1.807, 2.05) is 24.3 Å². The molecule has 2 rings (SSSR count). The quantitative estimate of drug-likeness (QED) is 0.746. The molecular formula is C16H22O2. The molecule has 0 unspecified atom stereocenters. The Bertz CT molecular complexity index is 407. The molecule has 1 aromatic carbocycles. The van der Waals surface area contributed by atoms with Crippen LogP contribution in [0.15, 0.2) is 24.3 Å². The summed E-state index contributed by atoms with van der Waals surface area (Å²) in [5.74, 6) is 0.977. The van der Waals surface area contributed by atoms with Crippen LogP contribution >= 0.6 is 0 Å². The molecule has 1 aromatic rings. The third kappa shape index (κ3) is 3.34. The first-order chi connectivity index (χ1) is 8.46. The lowest BCUT2D eigenvalue weighted by Crippen LogP contribution is -2.28. The second kappa shape index (κ2) is 5.13. The van der Waals surface area contributed by atoms with Crippen molar-refractivity contribution in [3.8, 4) is 5.75 Å². The maximum Gasteiger partial charge on any atom is 0.159 e. The van der Waals surface area contributed by atoms with Gasteiger partial charge in [0.2, 0.25) is 0 Å². The average molecular weight is 246 g/mol. The Morgan fingerprint density at radius 2 is 1.72 bits per heavy atom. The SMILES string of the molecule is CC(=O)c1ccc(OC2CCC(C)(C)CC2)cc1. The lowest BCUT2D eigenvalue weighted by Gasteiger charge is -2.34. The number of rotatable bonds is 3. The zero-order chi connectivity index (χ0) is 13.2. The van der Waals surface area contributed by atoms with Crippen molar-refractivity contribution in [3.63, 3.8) is 0 Å². The van der Waals surface area contributed by atoms with Crippen LogP contribution in [0, 0.1) is 5.41 Å².